The zero-order valence-electron chi connectivity index (χ0n) is 17.5. The number of hydrogen-bond acceptors (Lipinski definition) is 7. The van der Waals surface area contributed by atoms with Gasteiger partial charge in [-0.15, -0.1) is 0 Å². The van der Waals surface area contributed by atoms with Crippen LogP contribution in [0.15, 0.2) is 59.6 Å². The minimum Gasteiger partial charge on any atom is -0.465 e. The first kappa shape index (κ1) is 23.0. The third-order valence-corrected chi connectivity index (χ3v) is 5.17. The Morgan fingerprint density at radius 3 is 2.53 bits per heavy atom. The van der Waals surface area contributed by atoms with Crippen LogP contribution in [0.2, 0.25) is 0 Å². The fraction of sp³-hybridized carbons (Fsp3) is 0.273. The van der Waals surface area contributed by atoms with Crippen LogP contribution in [0, 0.1) is 16.0 Å². The van der Waals surface area contributed by atoms with E-state index in [1.165, 1.54) is 18.2 Å². The van der Waals surface area contributed by atoms with Crippen LogP contribution in [0.4, 0.5) is 10.5 Å². The van der Waals surface area contributed by atoms with Crippen molar-refractivity contribution >= 4 is 40.8 Å². The lowest BCUT2D eigenvalue weighted by molar-refractivity contribution is -0.385. The molecule has 0 aromatic heterocycles. The highest BCUT2D eigenvalue weighted by Gasteiger charge is 2.45. The summed E-state index contributed by atoms with van der Waals surface area (Å²) in [6.45, 7) is 3.36. The number of rotatable bonds is 6. The quantitative estimate of drug-likeness (QED) is 0.278. The fourth-order valence-electron chi connectivity index (χ4n) is 3.45. The van der Waals surface area contributed by atoms with Gasteiger partial charge < -0.3 is 9.47 Å². The molecule has 1 heterocycles. The maximum Gasteiger partial charge on any atom is 0.417 e. The predicted molar refractivity (Wildman–Crippen MR) is 120 cm³/mol. The normalized spacial score (nSPS) is 18.0. The van der Waals surface area contributed by atoms with E-state index in [0.29, 0.717) is 11.3 Å². The summed E-state index contributed by atoms with van der Waals surface area (Å²) in [5.74, 6) is -1.62. The first-order chi connectivity index (χ1) is 15.3. The van der Waals surface area contributed by atoms with Gasteiger partial charge >= 0.3 is 12.1 Å². The van der Waals surface area contributed by atoms with Crippen molar-refractivity contribution in [2.24, 2.45) is 10.9 Å². The van der Waals surface area contributed by atoms with Gasteiger partial charge in [0.25, 0.3) is 5.69 Å². The first-order valence-corrected chi connectivity index (χ1v) is 10.2. The number of amides is 1. The van der Waals surface area contributed by atoms with Gasteiger partial charge in [-0.2, -0.15) is 0 Å². The average molecular weight is 455 g/mol. The molecule has 0 bridgehead atoms. The van der Waals surface area contributed by atoms with E-state index >= 15 is 0 Å². The SMILES string of the molecule is CCOC(=O)C1C(C)=NC(=S)N(C(=O)OCc2ccccc2)C1c1cccc([N+](=O)[O-])c1. The Hall–Kier alpha value is -3.66. The highest BCUT2D eigenvalue weighted by molar-refractivity contribution is 7.80. The largest absolute Gasteiger partial charge is 0.465 e. The summed E-state index contributed by atoms with van der Waals surface area (Å²) in [6.07, 6.45) is -0.819. The van der Waals surface area contributed by atoms with Gasteiger partial charge in [-0.05, 0) is 37.2 Å². The van der Waals surface area contributed by atoms with E-state index in [1.807, 2.05) is 18.2 Å². The highest BCUT2D eigenvalue weighted by atomic mass is 32.1. The van der Waals surface area contributed by atoms with E-state index in [9.17, 15) is 19.7 Å². The number of benzene rings is 2. The summed E-state index contributed by atoms with van der Waals surface area (Å²) >= 11 is 5.33. The van der Waals surface area contributed by atoms with Gasteiger partial charge in [-0.3, -0.25) is 14.9 Å². The first-order valence-electron chi connectivity index (χ1n) is 9.83. The Balaban J connectivity index is 2.02. The molecule has 0 radical (unpaired) electrons. The molecule has 0 saturated carbocycles. The Labute approximate surface area is 189 Å². The van der Waals surface area contributed by atoms with Crippen LogP contribution in [0.1, 0.15) is 31.0 Å². The van der Waals surface area contributed by atoms with E-state index in [-0.39, 0.29) is 24.0 Å². The van der Waals surface area contributed by atoms with Gasteiger partial charge in [-0.1, -0.05) is 42.5 Å². The summed E-state index contributed by atoms with van der Waals surface area (Å²) < 4.78 is 10.6. The van der Waals surface area contributed by atoms with Crippen LogP contribution in [0.5, 0.6) is 0 Å². The molecule has 2 aromatic rings. The van der Waals surface area contributed by atoms with E-state index in [1.54, 1.807) is 32.0 Å². The molecule has 1 aliphatic heterocycles. The number of carbonyl (C=O) groups excluding carboxylic acids is 2. The molecule has 9 nitrogen and oxygen atoms in total. The smallest absolute Gasteiger partial charge is 0.417 e. The summed E-state index contributed by atoms with van der Waals surface area (Å²) in [5.41, 5.74) is 1.26. The number of nitro groups is 1. The highest BCUT2D eigenvalue weighted by Crippen LogP contribution is 2.37. The van der Waals surface area contributed by atoms with Gasteiger partial charge in [0.1, 0.15) is 12.5 Å². The summed E-state index contributed by atoms with van der Waals surface area (Å²) in [5, 5.41) is 11.2. The van der Waals surface area contributed by atoms with Crippen molar-refractivity contribution in [3.05, 3.63) is 75.8 Å². The Bertz CT molecular complexity index is 1070. The molecule has 0 saturated heterocycles. The number of non-ortho nitro benzene ring substituents is 1. The lowest BCUT2D eigenvalue weighted by Gasteiger charge is -2.37. The standard InChI is InChI=1S/C22H21N3O6S/c1-3-30-20(26)18-14(2)23-21(32)24(22(27)31-13-15-8-5-4-6-9-15)19(18)16-10-7-11-17(12-16)25(28)29/h4-12,18-19H,3,13H2,1-2H3. The molecule has 1 amide bonds. The van der Waals surface area contributed by atoms with Gasteiger partial charge in [-0.25, -0.2) is 14.7 Å². The number of nitrogens with zero attached hydrogens (tertiary/aromatic N) is 3. The molecular weight excluding hydrogens is 434 g/mol. The minimum absolute atomic E-state index is 0.0206. The van der Waals surface area contributed by atoms with Crippen LogP contribution >= 0.6 is 12.2 Å². The molecule has 2 aromatic carbocycles. The zero-order valence-corrected chi connectivity index (χ0v) is 18.3. The van der Waals surface area contributed by atoms with Crippen LogP contribution in [0.25, 0.3) is 0 Å². The maximum atomic E-state index is 13.1. The van der Waals surface area contributed by atoms with Crippen LogP contribution in [0.3, 0.4) is 0 Å². The Kier molecular flexibility index (Phi) is 7.26. The second-order valence-corrected chi connectivity index (χ2v) is 7.34. The van der Waals surface area contributed by atoms with Crippen LogP contribution < -0.4 is 0 Å². The third kappa shape index (κ3) is 4.97. The molecule has 3 rings (SSSR count). The number of esters is 1. The van der Waals surface area contributed by atoms with Crippen molar-refractivity contribution in [1.29, 1.82) is 0 Å². The topological polar surface area (TPSA) is 111 Å². The second kappa shape index (κ2) is 10.1. The van der Waals surface area contributed by atoms with Gasteiger partial charge in [0.2, 0.25) is 5.11 Å². The molecule has 0 N–H and O–H groups in total. The Morgan fingerprint density at radius 1 is 1.16 bits per heavy atom. The summed E-state index contributed by atoms with van der Waals surface area (Å²) in [6, 6.07) is 13.7. The van der Waals surface area contributed by atoms with E-state index in [2.05, 4.69) is 4.99 Å². The predicted octanol–water partition coefficient (Wildman–Crippen LogP) is 4.21. The van der Waals surface area contributed by atoms with Gasteiger partial charge in [0, 0.05) is 17.8 Å². The molecule has 0 spiro atoms. The van der Waals surface area contributed by atoms with Crippen molar-refractivity contribution in [3.8, 4) is 0 Å². The maximum absolute atomic E-state index is 13.1. The second-order valence-electron chi connectivity index (χ2n) is 6.97. The summed E-state index contributed by atoms with van der Waals surface area (Å²) in [7, 11) is 0. The number of hydrogen-bond donors (Lipinski definition) is 0. The van der Waals surface area contributed by atoms with Crippen molar-refractivity contribution in [1.82, 2.24) is 4.90 Å². The number of aliphatic imine (C=N–C) groups is 1. The van der Waals surface area contributed by atoms with Crippen LogP contribution in [-0.4, -0.2) is 39.3 Å². The number of nitro benzene ring substituents is 1. The summed E-state index contributed by atoms with van der Waals surface area (Å²) in [4.78, 5) is 41.9. The molecule has 32 heavy (non-hydrogen) atoms. The molecule has 2 atom stereocenters. The molecule has 166 valence electrons. The lowest BCUT2D eigenvalue weighted by Crippen LogP contribution is -2.49. The molecule has 0 fully saturated rings. The fourth-order valence-corrected chi connectivity index (χ4v) is 3.78. The monoisotopic (exact) mass is 455 g/mol. The van der Waals surface area contributed by atoms with E-state index < -0.39 is 28.9 Å². The average Bonchev–Trinajstić information content (AvgIpc) is 2.77. The molecular formula is C22H21N3O6S. The number of thiocarbonyl (C=S) groups is 1. The van der Waals surface area contributed by atoms with Crippen molar-refractivity contribution in [2.45, 2.75) is 26.5 Å². The number of carbonyl (C=O) groups is 2. The Morgan fingerprint density at radius 2 is 1.88 bits per heavy atom. The third-order valence-electron chi connectivity index (χ3n) is 4.89. The zero-order chi connectivity index (χ0) is 23.3. The van der Waals surface area contributed by atoms with E-state index in [4.69, 9.17) is 21.7 Å². The molecule has 10 heteroatoms. The molecule has 1 aliphatic rings. The van der Waals surface area contributed by atoms with Crippen molar-refractivity contribution in [2.75, 3.05) is 6.61 Å². The van der Waals surface area contributed by atoms with Gasteiger partial charge in [0.15, 0.2) is 0 Å². The van der Waals surface area contributed by atoms with Crippen LogP contribution in [-0.2, 0) is 20.9 Å². The van der Waals surface area contributed by atoms with Crippen molar-refractivity contribution < 1.29 is 24.0 Å². The van der Waals surface area contributed by atoms with E-state index in [0.717, 1.165) is 10.5 Å². The minimum atomic E-state index is -1.01. The lowest BCUT2D eigenvalue weighted by atomic mass is 9.87. The van der Waals surface area contributed by atoms with Gasteiger partial charge in [0.05, 0.1) is 17.6 Å². The molecule has 2 unspecified atom stereocenters. The van der Waals surface area contributed by atoms with Crippen molar-refractivity contribution in [3.63, 3.8) is 0 Å². The molecule has 0 aliphatic carbocycles. The number of ether oxygens (including phenoxy) is 2.